The average Bonchev–Trinajstić information content (AvgIpc) is 2.46. The standard InChI is InChI=1S/C19H30N2O3/c1-15(10-11-23-14-16-8-6-5-7-9-16)20-17-12-21(13-17)18(22)24-19(2,3)4/h5-9,15,17,20H,10-14H2,1-4H3. The number of benzene rings is 1. The number of hydrogen-bond donors (Lipinski definition) is 1. The molecular formula is C19H30N2O3. The summed E-state index contributed by atoms with van der Waals surface area (Å²) in [5.41, 5.74) is 0.768. The lowest BCUT2D eigenvalue weighted by Crippen LogP contribution is -2.62. The van der Waals surface area contributed by atoms with Gasteiger partial charge in [0.2, 0.25) is 0 Å². The number of carbonyl (C=O) groups is 1. The first kappa shape index (κ1) is 18.7. The normalized spacial score (nSPS) is 16.6. The minimum atomic E-state index is -0.432. The van der Waals surface area contributed by atoms with E-state index >= 15 is 0 Å². The van der Waals surface area contributed by atoms with Crippen molar-refractivity contribution < 1.29 is 14.3 Å². The first-order chi connectivity index (χ1) is 11.3. The van der Waals surface area contributed by atoms with E-state index in [1.54, 1.807) is 4.90 Å². The van der Waals surface area contributed by atoms with Crippen LogP contribution in [0.1, 0.15) is 39.7 Å². The van der Waals surface area contributed by atoms with E-state index in [-0.39, 0.29) is 6.09 Å². The highest BCUT2D eigenvalue weighted by atomic mass is 16.6. The maximum atomic E-state index is 11.9. The minimum Gasteiger partial charge on any atom is -0.444 e. The number of rotatable bonds is 7. The molecule has 1 fully saturated rings. The topological polar surface area (TPSA) is 50.8 Å². The van der Waals surface area contributed by atoms with Gasteiger partial charge in [0.15, 0.2) is 0 Å². The Morgan fingerprint density at radius 2 is 1.96 bits per heavy atom. The zero-order valence-corrected chi connectivity index (χ0v) is 15.2. The fraction of sp³-hybridized carbons (Fsp3) is 0.632. The van der Waals surface area contributed by atoms with Gasteiger partial charge < -0.3 is 19.7 Å². The molecule has 1 aromatic carbocycles. The van der Waals surface area contributed by atoms with Gasteiger partial charge in [-0.3, -0.25) is 0 Å². The minimum absolute atomic E-state index is 0.223. The molecular weight excluding hydrogens is 304 g/mol. The van der Waals surface area contributed by atoms with Gasteiger partial charge in [0.05, 0.1) is 6.61 Å². The molecule has 1 aromatic rings. The summed E-state index contributed by atoms with van der Waals surface area (Å²) < 4.78 is 11.1. The summed E-state index contributed by atoms with van der Waals surface area (Å²) >= 11 is 0. The molecule has 134 valence electrons. The molecule has 1 saturated heterocycles. The second-order valence-electron chi connectivity index (χ2n) is 7.48. The van der Waals surface area contributed by atoms with Crippen molar-refractivity contribution in [1.82, 2.24) is 10.2 Å². The van der Waals surface area contributed by atoms with Gasteiger partial charge in [-0.15, -0.1) is 0 Å². The molecule has 0 saturated carbocycles. The van der Waals surface area contributed by atoms with Crippen molar-refractivity contribution in [2.24, 2.45) is 0 Å². The van der Waals surface area contributed by atoms with Crippen LogP contribution in [-0.2, 0) is 16.1 Å². The lowest BCUT2D eigenvalue weighted by atomic mass is 10.1. The van der Waals surface area contributed by atoms with E-state index in [0.717, 1.165) is 13.0 Å². The fourth-order valence-corrected chi connectivity index (χ4v) is 2.57. The Kier molecular flexibility index (Phi) is 6.63. The molecule has 0 radical (unpaired) electrons. The van der Waals surface area contributed by atoms with Gasteiger partial charge in [0, 0.05) is 31.8 Å². The van der Waals surface area contributed by atoms with Crippen molar-refractivity contribution in [1.29, 1.82) is 0 Å². The van der Waals surface area contributed by atoms with Gasteiger partial charge >= 0.3 is 6.09 Å². The second kappa shape index (κ2) is 8.49. The molecule has 5 nitrogen and oxygen atoms in total. The van der Waals surface area contributed by atoms with Gasteiger partial charge in [-0.05, 0) is 39.7 Å². The van der Waals surface area contributed by atoms with Crippen molar-refractivity contribution in [3.63, 3.8) is 0 Å². The Hall–Kier alpha value is -1.59. The van der Waals surface area contributed by atoms with Crippen molar-refractivity contribution in [3.8, 4) is 0 Å². The van der Waals surface area contributed by atoms with Crippen LogP contribution >= 0.6 is 0 Å². The summed E-state index contributed by atoms with van der Waals surface area (Å²) in [7, 11) is 0. The van der Waals surface area contributed by atoms with E-state index < -0.39 is 5.60 Å². The quantitative estimate of drug-likeness (QED) is 0.778. The van der Waals surface area contributed by atoms with Crippen LogP contribution in [0.2, 0.25) is 0 Å². The molecule has 1 unspecified atom stereocenters. The number of amides is 1. The van der Waals surface area contributed by atoms with E-state index in [1.165, 1.54) is 5.56 Å². The third-order valence-electron chi connectivity index (χ3n) is 3.86. The molecule has 0 aromatic heterocycles. The summed E-state index contributed by atoms with van der Waals surface area (Å²) in [6.45, 7) is 10.6. The number of hydrogen-bond acceptors (Lipinski definition) is 4. The zero-order valence-electron chi connectivity index (χ0n) is 15.2. The van der Waals surface area contributed by atoms with E-state index in [0.29, 0.717) is 31.8 Å². The fourth-order valence-electron chi connectivity index (χ4n) is 2.57. The Morgan fingerprint density at radius 3 is 2.58 bits per heavy atom. The van der Waals surface area contributed by atoms with E-state index in [2.05, 4.69) is 24.4 Å². The van der Waals surface area contributed by atoms with Crippen LogP contribution in [0.25, 0.3) is 0 Å². The lowest BCUT2D eigenvalue weighted by Gasteiger charge is -2.41. The number of nitrogens with one attached hydrogen (secondary N) is 1. The van der Waals surface area contributed by atoms with Crippen LogP contribution in [0, 0.1) is 0 Å². The van der Waals surface area contributed by atoms with Crippen LogP contribution in [0.5, 0.6) is 0 Å². The van der Waals surface area contributed by atoms with Crippen molar-refractivity contribution in [3.05, 3.63) is 35.9 Å². The lowest BCUT2D eigenvalue weighted by molar-refractivity contribution is 0.00375. The number of ether oxygens (including phenoxy) is 2. The highest BCUT2D eigenvalue weighted by Gasteiger charge is 2.33. The smallest absolute Gasteiger partial charge is 0.410 e. The SMILES string of the molecule is CC(CCOCc1ccccc1)NC1CN(C(=O)OC(C)(C)C)C1. The van der Waals surface area contributed by atoms with Gasteiger partial charge in [-0.1, -0.05) is 30.3 Å². The average molecular weight is 334 g/mol. The zero-order chi connectivity index (χ0) is 17.6. The third kappa shape index (κ3) is 6.49. The largest absolute Gasteiger partial charge is 0.444 e. The van der Waals surface area contributed by atoms with E-state index in [1.807, 2.05) is 39.0 Å². The second-order valence-corrected chi connectivity index (χ2v) is 7.48. The van der Waals surface area contributed by atoms with Crippen molar-refractivity contribution >= 4 is 6.09 Å². The Morgan fingerprint density at radius 1 is 1.29 bits per heavy atom. The molecule has 1 N–H and O–H groups in total. The van der Waals surface area contributed by atoms with Crippen LogP contribution in [0.4, 0.5) is 4.79 Å². The molecule has 0 spiro atoms. The number of nitrogens with zero attached hydrogens (tertiary/aromatic N) is 1. The van der Waals surface area contributed by atoms with Gasteiger partial charge in [-0.25, -0.2) is 4.79 Å². The van der Waals surface area contributed by atoms with Crippen LogP contribution in [-0.4, -0.2) is 48.4 Å². The summed E-state index contributed by atoms with van der Waals surface area (Å²) in [5.74, 6) is 0. The van der Waals surface area contributed by atoms with Crippen LogP contribution in [0.15, 0.2) is 30.3 Å². The molecule has 0 bridgehead atoms. The van der Waals surface area contributed by atoms with Gasteiger partial charge in [0.1, 0.15) is 5.60 Å². The maximum absolute atomic E-state index is 11.9. The molecule has 1 atom stereocenters. The van der Waals surface area contributed by atoms with Crippen molar-refractivity contribution in [2.45, 2.75) is 58.4 Å². The molecule has 1 amide bonds. The molecule has 5 heteroatoms. The highest BCUT2D eigenvalue weighted by Crippen LogP contribution is 2.15. The van der Waals surface area contributed by atoms with Crippen LogP contribution in [0.3, 0.4) is 0 Å². The molecule has 0 aliphatic carbocycles. The van der Waals surface area contributed by atoms with E-state index in [9.17, 15) is 4.79 Å². The molecule has 2 rings (SSSR count). The maximum Gasteiger partial charge on any atom is 0.410 e. The molecule has 1 aliphatic heterocycles. The van der Waals surface area contributed by atoms with Gasteiger partial charge in [0.25, 0.3) is 0 Å². The molecule has 1 aliphatic rings. The Balaban J connectivity index is 1.54. The Bertz CT molecular complexity index is 507. The van der Waals surface area contributed by atoms with Gasteiger partial charge in [-0.2, -0.15) is 0 Å². The predicted molar refractivity (Wildman–Crippen MR) is 94.9 cm³/mol. The highest BCUT2D eigenvalue weighted by molar-refractivity contribution is 5.69. The number of likely N-dealkylation sites (tertiary alicyclic amines) is 1. The van der Waals surface area contributed by atoms with E-state index in [4.69, 9.17) is 9.47 Å². The first-order valence-electron chi connectivity index (χ1n) is 8.69. The first-order valence-corrected chi connectivity index (χ1v) is 8.69. The molecule has 24 heavy (non-hydrogen) atoms. The molecule has 1 heterocycles. The Labute approximate surface area is 145 Å². The van der Waals surface area contributed by atoms with Crippen LogP contribution < -0.4 is 5.32 Å². The summed E-state index contributed by atoms with van der Waals surface area (Å²) in [5, 5.41) is 3.53. The summed E-state index contributed by atoms with van der Waals surface area (Å²) in [4.78, 5) is 13.6. The third-order valence-corrected chi connectivity index (χ3v) is 3.86. The summed E-state index contributed by atoms with van der Waals surface area (Å²) in [6, 6.07) is 10.9. The summed E-state index contributed by atoms with van der Waals surface area (Å²) in [6.07, 6.45) is 0.731. The monoisotopic (exact) mass is 334 g/mol. The number of carbonyl (C=O) groups excluding carboxylic acids is 1. The predicted octanol–water partition coefficient (Wildman–Crippen LogP) is 3.19. The van der Waals surface area contributed by atoms with Crippen molar-refractivity contribution in [2.75, 3.05) is 19.7 Å².